The number of hydrogen-bond donors (Lipinski definition) is 2. The minimum absolute atomic E-state index is 0. The third kappa shape index (κ3) is 5.37. The van der Waals surface area contributed by atoms with Gasteiger partial charge in [0.05, 0.1) is 0 Å². The van der Waals surface area contributed by atoms with Crippen molar-refractivity contribution in [1.82, 2.24) is 5.32 Å². The summed E-state index contributed by atoms with van der Waals surface area (Å²) < 4.78 is 1.24. The van der Waals surface area contributed by atoms with E-state index in [1.807, 2.05) is 13.0 Å². The van der Waals surface area contributed by atoms with Crippen LogP contribution in [0.2, 0.25) is 0 Å². The van der Waals surface area contributed by atoms with Crippen LogP contribution in [-0.4, -0.2) is 18.3 Å². The number of benzene rings is 1. The average Bonchev–Trinajstić information content (AvgIpc) is 2.69. The van der Waals surface area contributed by atoms with Crippen molar-refractivity contribution in [1.29, 1.82) is 0 Å². The van der Waals surface area contributed by atoms with Crippen molar-refractivity contribution >= 4 is 0 Å². The maximum absolute atomic E-state index is 9.97. The summed E-state index contributed by atoms with van der Waals surface area (Å²) in [6.07, 6.45) is 5.83. The third-order valence-corrected chi connectivity index (χ3v) is 3.67. The summed E-state index contributed by atoms with van der Waals surface area (Å²) in [4.78, 5) is 0. The Kier molecular flexibility index (Phi) is 8.36. The number of rotatable bonds is 2. The predicted molar refractivity (Wildman–Crippen MR) is 88.5 cm³/mol. The van der Waals surface area contributed by atoms with E-state index in [0.29, 0.717) is 0 Å². The minimum atomic E-state index is 0. The second-order valence-electron chi connectivity index (χ2n) is 5.37. The van der Waals surface area contributed by atoms with Gasteiger partial charge in [-0.15, -0.1) is 42.4 Å². The summed E-state index contributed by atoms with van der Waals surface area (Å²) in [6.45, 7) is 10.6. The Hall–Kier alpha value is -1.31. The first-order valence-electron chi connectivity index (χ1n) is 7.62. The molecule has 0 unspecified atom stereocenters. The summed E-state index contributed by atoms with van der Waals surface area (Å²) in [5, 5.41) is 12.9. The van der Waals surface area contributed by atoms with Crippen molar-refractivity contribution in [3.05, 3.63) is 84.7 Å². The van der Waals surface area contributed by atoms with Gasteiger partial charge in [0.15, 0.2) is 5.69 Å². The monoisotopic (exact) mass is 480 g/mol. The zero-order chi connectivity index (χ0) is 15.9. The smallest absolute Gasteiger partial charge is 0.223 e. The minimum Gasteiger partial charge on any atom is -0.376 e. The Balaban J connectivity index is 0.000000390. The standard InChI is InChI=1S/C15H15NO.C4H9N.W/c1-11-8-14-7-6-12-4-2-3-5-13(12)9-15(14)16(17)10-11;1-3-5-4-2;/h2-5,8-10,17H,6-7H2,1H3;5H,1-4H2;/q;-2;. The van der Waals surface area contributed by atoms with Gasteiger partial charge in [-0.1, -0.05) is 31.4 Å². The van der Waals surface area contributed by atoms with Gasteiger partial charge in [-0.25, -0.2) is 0 Å². The Morgan fingerprint density at radius 3 is 2.48 bits per heavy atom. The number of fused-ring (bicyclic) bond motifs is 2. The fourth-order valence-electron chi connectivity index (χ4n) is 2.60. The average molecular weight is 480 g/mol. The maximum Gasteiger partial charge on any atom is 0.223 e. The van der Waals surface area contributed by atoms with E-state index in [2.05, 4.69) is 49.9 Å². The van der Waals surface area contributed by atoms with Gasteiger partial charge in [0.25, 0.3) is 0 Å². The molecule has 23 heavy (non-hydrogen) atoms. The van der Waals surface area contributed by atoms with Crippen LogP contribution in [0.25, 0.3) is 0 Å². The van der Waals surface area contributed by atoms with Crippen molar-refractivity contribution in [2.24, 2.45) is 0 Å². The number of aromatic nitrogens is 1. The molecule has 1 aromatic carbocycles. The van der Waals surface area contributed by atoms with E-state index in [1.165, 1.54) is 21.4 Å². The molecule has 0 spiro atoms. The maximum atomic E-state index is 9.97. The molecule has 3 rings (SSSR count). The van der Waals surface area contributed by atoms with Crippen LogP contribution in [0.1, 0.15) is 27.9 Å². The fraction of sp³-hybridized carbons (Fsp3) is 0.263. The summed E-state index contributed by atoms with van der Waals surface area (Å²) in [6, 6.07) is 10.5. The zero-order valence-electron chi connectivity index (χ0n) is 13.6. The van der Waals surface area contributed by atoms with Crippen LogP contribution in [0.3, 0.4) is 0 Å². The van der Waals surface area contributed by atoms with Crippen LogP contribution in [0.15, 0.2) is 36.5 Å². The Bertz CT molecular complexity index is 627. The van der Waals surface area contributed by atoms with Crippen molar-refractivity contribution in [3.8, 4) is 0 Å². The molecular weight excluding hydrogens is 456 g/mol. The molecule has 0 aliphatic heterocycles. The van der Waals surface area contributed by atoms with E-state index in [1.54, 1.807) is 6.20 Å². The molecule has 124 valence electrons. The van der Waals surface area contributed by atoms with E-state index in [-0.39, 0.29) is 21.1 Å². The molecule has 3 nitrogen and oxygen atoms in total. The molecule has 2 aromatic rings. The molecule has 0 saturated heterocycles. The van der Waals surface area contributed by atoms with Gasteiger partial charge in [0, 0.05) is 26.6 Å². The van der Waals surface area contributed by atoms with Crippen LogP contribution in [0, 0.1) is 27.2 Å². The fourth-order valence-corrected chi connectivity index (χ4v) is 2.60. The van der Waals surface area contributed by atoms with E-state index in [0.717, 1.165) is 37.2 Å². The molecule has 2 N–H and O–H groups in total. The van der Waals surface area contributed by atoms with Gasteiger partial charge in [-0.05, 0) is 17.2 Å². The summed E-state index contributed by atoms with van der Waals surface area (Å²) in [5.41, 5.74) is 5.76. The van der Waals surface area contributed by atoms with E-state index < -0.39 is 0 Å². The van der Waals surface area contributed by atoms with Crippen molar-refractivity contribution in [3.63, 3.8) is 0 Å². The molecule has 1 aliphatic rings. The van der Waals surface area contributed by atoms with Crippen molar-refractivity contribution in [2.75, 3.05) is 13.1 Å². The molecule has 1 aromatic heterocycles. The normalized spacial score (nSPS) is 11.6. The summed E-state index contributed by atoms with van der Waals surface area (Å²) in [7, 11) is 0. The number of hydrogen-bond acceptors (Lipinski definition) is 2. The van der Waals surface area contributed by atoms with Crippen molar-refractivity contribution < 1.29 is 31.0 Å². The molecule has 0 saturated carbocycles. The zero-order valence-corrected chi connectivity index (χ0v) is 16.5. The van der Waals surface area contributed by atoms with Gasteiger partial charge in [0.1, 0.15) is 0 Å². The first-order valence-corrected chi connectivity index (χ1v) is 7.62. The molecule has 0 fully saturated rings. The first-order chi connectivity index (χ1) is 10.7. The van der Waals surface area contributed by atoms with Crippen LogP contribution < -0.4 is 10.0 Å². The van der Waals surface area contributed by atoms with Crippen LogP contribution in [0.5, 0.6) is 0 Å². The topological polar surface area (TPSA) is 36.1 Å². The first kappa shape index (κ1) is 19.7. The van der Waals surface area contributed by atoms with Crippen LogP contribution >= 0.6 is 0 Å². The predicted octanol–water partition coefficient (Wildman–Crippen LogP) is 2.46. The van der Waals surface area contributed by atoms with E-state index >= 15 is 0 Å². The van der Waals surface area contributed by atoms with Gasteiger partial charge in [-0.2, -0.15) is 0 Å². The number of nitrogens with zero attached hydrogens (tertiary/aromatic N) is 1. The molecule has 0 amide bonds. The second kappa shape index (κ2) is 9.74. The molecule has 4 heteroatoms. The third-order valence-electron chi connectivity index (χ3n) is 3.67. The molecular formula is C19H24N2OW-2. The largest absolute Gasteiger partial charge is 0.376 e. The Labute approximate surface area is 154 Å². The quantitative estimate of drug-likeness (QED) is 0.394. The van der Waals surface area contributed by atoms with Crippen LogP contribution in [-0.2, 0) is 33.9 Å². The second-order valence-corrected chi connectivity index (χ2v) is 5.37. The molecule has 1 aliphatic carbocycles. The van der Waals surface area contributed by atoms with Gasteiger partial charge in [0.2, 0.25) is 6.20 Å². The van der Waals surface area contributed by atoms with Gasteiger partial charge >= 0.3 is 0 Å². The van der Waals surface area contributed by atoms with Crippen LogP contribution in [0.4, 0.5) is 0 Å². The summed E-state index contributed by atoms with van der Waals surface area (Å²) in [5.74, 6) is 0. The Morgan fingerprint density at radius 2 is 1.83 bits per heavy atom. The van der Waals surface area contributed by atoms with Crippen molar-refractivity contribution in [2.45, 2.75) is 19.8 Å². The van der Waals surface area contributed by atoms with E-state index in [4.69, 9.17) is 0 Å². The molecule has 0 atom stereocenters. The number of aryl methyl sites for hydroxylation is 3. The van der Waals surface area contributed by atoms with Gasteiger partial charge in [-0.3, -0.25) is 5.21 Å². The van der Waals surface area contributed by atoms with Gasteiger partial charge < -0.3 is 19.2 Å². The molecule has 0 radical (unpaired) electrons. The number of nitrogens with one attached hydrogen (secondary N) is 1. The SMILES string of the molecule is Cc1cc2c([n+](O)c1)[CH-]c1ccccc1CC2.[CH2-]CNC[CH2-].[W]. The Morgan fingerprint density at radius 1 is 1.17 bits per heavy atom. The molecule has 0 bridgehead atoms. The summed E-state index contributed by atoms with van der Waals surface area (Å²) >= 11 is 0. The molecule has 1 heterocycles. The van der Waals surface area contributed by atoms with E-state index in [9.17, 15) is 5.21 Å². The number of pyridine rings is 1.